The molecule has 1 unspecified atom stereocenters. The summed E-state index contributed by atoms with van der Waals surface area (Å²) in [6.45, 7) is 0.736. The molecule has 1 aromatic rings. The Morgan fingerprint density at radius 1 is 1.35 bits per heavy atom. The number of aromatic nitrogens is 1. The van der Waals surface area contributed by atoms with E-state index in [-0.39, 0.29) is 18.4 Å². The van der Waals surface area contributed by atoms with E-state index in [1.165, 1.54) is 0 Å². The standard InChI is InChI=1S/C13H14N4O3/c18-10(9-4-1-2-6-14-9)17-7-3-5-13(8-17)11(19)15-12(20)16-13/h1-2,4,6H,3,5,7-8H2,(H2,15,16,19,20). The second kappa shape index (κ2) is 4.59. The van der Waals surface area contributed by atoms with Crippen LogP contribution in [0.5, 0.6) is 0 Å². The molecule has 104 valence electrons. The maximum absolute atomic E-state index is 12.3. The number of carbonyl (C=O) groups is 3. The maximum Gasteiger partial charge on any atom is 0.322 e. The van der Waals surface area contributed by atoms with Crippen LogP contribution in [0.4, 0.5) is 4.79 Å². The summed E-state index contributed by atoms with van der Waals surface area (Å²) in [7, 11) is 0. The summed E-state index contributed by atoms with van der Waals surface area (Å²) in [6.07, 6.45) is 2.75. The van der Waals surface area contributed by atoms with Crippen LogP contribution in [0.3, 0.4) is 0 Å². The predicted molar refractivity (Wildman–Crippen MR) is 68.8 cm³/mol. The van der Waals surface area contributed by atoms with Crippen molar-refractivity contribution in [2.75, 3.05) is 13.1 Å². The highest BCUT2D eigenvalue weighted by Gasteiger charge is 2.49. The summed E-state index contributed by atoms with van der Waals surface area (Å²) in [5.41, 5.74) is -0.644. The van der Waals surface area contributed by atoms with Gasteiger partial charge in [0.05, 0.1) is 6.54 Å². The molecule has 1 aromatic heterocycles. The average molecular weight is 274 g/mol. The number of urea groups is 1. The van der Waals surface area contributed by atoms with E-state index >= 15 is 0 Å². The molecule has 0 aromatic carbocycles. The second-order valence-corrected chi connectivity index (χ2v) is 5.04. The molecule has 0 bridgehead atoms. The highest BCUT2D eigenvalue weighted by atomic mass is 16.2. The summed E-state index contributed by atoms with van der Waals surface area (Å²) in [6, 6.07) is 4.61. The predicted octanol–water partition coefficient (Wildman–Crippen LogP) is -0.104. The third kappa shape index (κ3) is 2.01. The number of piperidine rings is 1. The fourth-order valence-electron chi connectivity index (χ4n) is 2.70. The molecule has 3 heterocycles. The van der Waals surface area contributed by atoms with Gasteiger partial charge < -0.3 is 10.2 Å². The van der Waals surface area contributed by atoms with Gasteiger partial charge in [0, 0.05) is 12.7 Å². The lowest BCUT2D eigenvalue weighted by Gasteiger charge is -2.37. The molecule has 7 heteroatoms. The van der Waals surface area contributed by atoms with Gasteiger partial charge >= 0.3 is 6.03 Å². The van der Waals surface area contributed by atoms with Gasteiger partial charge in [-0.05, 0) is 25.0 Å². The molecule has 2 saturated heterocycles. The van der Waals surface area contributed by atoms with Crippen LogP contribution in [0.25, 0.3) is 0 Å². The zero-order valence-corrected chi connectivity index (χ0v) is 10.8. The lowest BCUT2D eigenvalue weighted by molar-refractivity contribution is -0.125. The summed E-state index contributed by atoms with van der Waals surface area (Å²) < 4.78 is 0. The fraction of sp³-hybridized carbons (Fsp3) is 0.385. The Morgan fingerprint density at radius 3 is 2.85 bits per heavy atom. The number of hydrogen-bond acceptors (Lipinski definition) is 4. The molecule has 4 amide bonds. The minimum Gasteiger partial charge on any atom is -0.334 e. The van der Waals surface area contributed by atoms with Crippen molar-refractivity contribution in [1.29, 1.82) is 0 Å². The number of rotatable bonds is 1. The molecule has 20 heavy (non-hydrogen) atoms. The Hall–Kier alpha value is -2.44. The van der Waals surface area contributed by atoms with Gasteiger partial charge in [0.1, 0.15) is 11.2 Å². The third-order valence-electron chi connectivity index (χ3n) is 3.68. The number of hydrogen-bond donors (Lipinski definition) is 2. The summed E-state index contributed by atoms with van der Waals surface area (Å²) >= 11 is 0. The molecule has 2 aliphatic heterocycles. The van der Waals surface area contributed by atoms with E-state index in [2.05, 4.69) is 15.6 Å². The quantitative estimate of drug-likeness (QED) is 0.699. The summed E-state index contributed by atoms with van der Waals surface area (Å²) in [5, 5.41) is 4.88. The lowest BCUT2D eigenvalue weighted by atomic mass is 9.89. The van der Waals surface area contributed by atoms with Crippen LogP contribution in [0.1, 0.15) is 23.3 Å². The topological polar surface area (TPSA) is 91.4 Å². The molecule has 3 rings (SSSR count). The van der Waals surface area contributed by atoms with Crippen molar-refractivity contribution in [3.8, 4) is 0 Å². The highest BCUT2D eigenvalue weighted by molar-refractivity contribution is 6.07. The Labute approximate surface area is 115 Å². The van der Waals surface area contributed by atoms with Crippen molar-refractivity contribution in [3.05, 3.63) is 30.1 Å². The van der Waals surface area contributed by atoms with Crippen molar-refractivity contribution in [2.24, 2.45) is 0 Å². The van der Waals surface area contributed by atoms with E-state index in [9.17, 15) is 14.4 Å². The molecule has 1 spiro atoms. The highest BCUT2D eigenvalue weighted by Crippen LogP contribution is 2.25. The number of pyridine rings is 1. The minimum absolute atomic E-state index is 0.181. The first-order valence-corrected chi connectivity index (χ1v) is 6.45. The van der Waals surface area contributed by atoms with E-state index in [4.69, 9.17) is 0 Å². The number of amides is 4. The average Bonchev–Trinajstić information content (AvgIpc) is 2.73. The SMILES string of the molecule is O=C1NC(=O)C2(CCCN(C(=O)c3ccccn3)C2)N1. The molecular weight excluding hydrogens is 260 g/mol. The van der Waals surface area contributed by atoms with E-state index in [1.807, 2.05) is 0 Å². The van der Waals surface area contributed by atoms with Crippen molar-refractivity contribution < 1.29 is 14.4 Å². The molecule has 0 saturated carbocycles. The first-order chi connectivity index (χ1) is 9.61. The first-order valence-electron chi connectivity index (χ1n) is 6.45. The summed E-state index contributed by atoms with van der Waals surface area (Å²) in [5.74, 6) is -0.584. The largest absolute Gasteiger partial charge is 0.334 e. The van der Waals surface area contributed by atoms with Gasteiger partial charge in [-0.2, -0.15) is 0 Å². The zero-order chi connectivity index (χ0) is 14.2. The Morgan fingerprint density at radius 2 is 2.20 bits per heavy atom. The Kier molecular flexibility index (Phi) is 2.89. The van der Waals surface area contributed by atoms with E-state index in [1.54, 1.807) is 29.3 Å². The molecule has 7 nitrogen and oxygen atoms in total. The number of nitrogens with one attached hydrogen (secondary N) is 2. The van der Waals surface area contributed by atoms with Crippen LogP contribution in [0.15, 0.2) is 24.4 Å². The monoisotopic (exact) mass is 274 g/mol. The normalized spacial score (nSPS) is 25.5. The Balaban J connectivity index is 1.81. The van der Waals surface area contributed by atoms with Crippen molar-refractivity contribution >= 4 is 17.8 Å². The minimum atomic E-state index is -0.986. The van der Waals surface area contributed by atoms with Gasteiger partial charge in [-0.3, -0.25) is 19.9 Å². The van der Waals surface area contributed by atoms with Crippen LogP contribution >= 0.6 is 0 Å². The number of nitrogens with zero attached hydrogens (tertiary/aromatic N) is 2. The molecule has 2 aliphatic rings. The molecule has 2 N–H and O–H groups in total. The van der Waals surface area contributed by atoms with Gasteiger partial charge in [0.15, 0.2) is 0 Å². The van der Waals surface area contributed by atoms with Gasteiger partial charge in [-0.25, -0.2) is 4.79 Å². The van der Waals surface area contributed by atoms with E-state index in [0.717, 1.165) is 0 Å². The first kappa shape index (κ1) is 12.6. The number of carbonyl (C=O) groups excluding carboxylic acids is 3. The summed E-state index contributed by atoms with van der Waals surface area (Å²) in [4.78, 5) is 41.2. The second-order valence-electron chi connectivity index (χ2n) is 5.04. The van der Waals surface area contributed by atoms with Crippen LogP contribution in [0, 0.1) is 0 Å². The van der Waals surface area contributed by atoms with Crippen LogP contribution in [-0.2, 0) is 4.79 Å². The fourth-order valence-corrected chi connectivity index (χ4v) is 2.70. The molecule has 2 fully saturated rings. The van der Waals surface area contributed by atoms with Gasteiger partial charge in [-0.1, -0.05) is 6.07 Å². The molecule has 0 aliphatic carbocycles. The molecular formula is C13H14N4O3. The van der Waals surface area contributed by atoms with Crippen molar-refractivity contribution in [3.63, 3.8) is 0 Å². The molecule has 1 atom stereocenters. The van der Waals surface area contributed by atoms with E-state index < -0.39 is 11.6 Å². The van der Waals surface area contributed by atoms with Gasteiger partial charge in [0.25, 0.3) is 11.8 Å². The third-order valence-corrected chi connectivity index (χ3v) is 3.68. The van der Waals surface area contributed by atoms with Crippen molar-refractivity contribution in [1.82, 2.24) is 20.5 Å². The number of likely N-dealkylation sites (tertiary alicyclic amines) is 1. The number of imide groups is 1. The maximum atomic E-state index is 12.3. The van der Waals surface area contributed by atoms with Crippen LogP contribution in [0.2, 0.25) is 0 Å². The van der Waals surface area contributed by atoms with Gasteiger partial charge in [0.2, 0.25) is 0 Å². The van der Waals surface area contributed by atoms with Gasteiger partial charge in [-0.15, -0.1) is 0 Å². The molecule has 0 radical (unpaired) electrons. The smallest absolute Gasteiger partial charge is 0.322 e. The van der Waals surface area contributed by atoms with E-state index in [0.29, 0.717) is 25.1 Å². The van der Waals surface area contributed by atoms with Crippen LogP contribution in [-0.4, -0.2) is 46.4 Å². The zero-order valence-electron chi connectivity index (χ0n) is 10.8. The van der Waals surface area contributed by atoms with Crippen LogP contribution < -0.4 is 10.6 Å². The Bertz CT molecular complexity index is 574. The lowest BCUT2D eigenvalue weighted by Crippen LogP contribution is -2.59. The van der Waals surface area contributed by atoms with Crippen molar-refractivity contribution in [2.45, 2.75) is 18.4 Å².